The monoisotopic (exact) mass is 446 g/mol. The van der Waals surface area contributed by atoms with E-state index in [9.17, 15) is 4.79 Å². The zero-order chi connectivity index (χ0) is 21.4. The quantitative estimate of drug-likeness (QED) is 0.287. The predicted molar refractivity (Wildman–Crippen MR) is 131 cm³/mol. The first kappa shape index (κ1) is 19.8. The van der Waals surface area contributed by atoms with Crippen LogP contribution in [-0.4, -0.2) is 18.5 Å². The van der Waals surface area contributed by atoms with Crippen LogP contribution in [0.5, 0.6) is 5.75 Å². The standard InChI is InChI=1S/C25H19ClN2O2S/c1-30-22-11-10-17(26)13-21(22)27-25-28-24(29)23(31-25)14-20-18-8-4-2-6-15(18)12-16-7-3-5-9-19(16)20/h2-14,25,27H,1H3,(H,28,29)/b23-14-. The highest BCUT2D eigenvalue weighted by Crippen LogP contribution is 2.37. The van der Waals surface area contributed by atoms with Crippen molar-refractivity contribution in [2.45, 2.75) is 5.50 Å². The lowest BCUT2D eigenvalue weighted by atomic mass is 9.96. The molecule has 0 bridgehead atoms. The van der Waals surface area contributed by atoms with E-state index in [1.165, 1.54) is 11.8 Å². The number of ether oxygens (including phenoxy) is 1. The second-order valence-electron chi connectivity index (χ2n) is 7.20. The summed E-state index contributed by atoms with van der Waals surface area (Å²) in [6.07, 6.45) is 1.99. The van der Waals surface area contributed by atoms with Gasteiger partial charge >= 0.3 is 0 Å². The number of halogens is 1. The van der Waals surface area contributed by atoms with E-state index in [1.807, 2.05) is 30.3 Å². The summed E-state index contributed by atoms with van der Waals surface area (Å²) in [5, 5.41) is 11.4. The van der Waals surface area contributed by atoms with Gasteiger partial charge in [0.05, 0.1) is 17.7 Å². The molecule has 1 unspecified atom stereocenters. The number of hydrogen-bond donors (Lipinski definition) is 2. The van der Waals surface area contributed by atoms with Gasteiger partial charge in [0, 0.05) is 5.02 Å². The van der Waals surface area contributed by atoms with Gasteiger partial charge in [0.25, 0.3) is 5.91 Å². The van der Waals surface area contributed by atoms with E-state index in [0.717, 1.165) is 32.8 Å². The van der Waals surface area contributed by atoms with E-state index in [0.29, 0.717) is 15.7 Å². The molecule has 4 aromatic rings. The molecule has 1 atom stereocenters. The third-order valence-electron chi connectivity index (χ3n) is 5.27. The number of carbonyl (C=O) groups is 1. The largest absolute Gasteiger partial charge is 0.495 e. The maximum atomic E-state index is 12.8. The second-order valence-corrected chi connectivity index (χ2v) is 8.78. The fraction of sp³-hybridized carbons (Fsp3) is 0.0800. The molecule has 1 saturated heterocycles. The van der Waals surface area contributed by atoms with Crippen LogP contribution in [0.1, 0.15) is 5.56 Å². The Morgan fingerprint density at radius 3 is 2.35 bits per heavy atom. The Labute approximate surface area is 189 Å². The van der Waals surface area contributed by atoms with Gasteiger partial charge in [0.15, 0.2) is 5.50 Å². The third-order valence-corrected chi connectivity index (χ3v) is 6.53. The number of fused-ring (bicyclic) bond motifs is 2. The van der Waals surface area contributed by atoms with Crippen LogP contribution in [0.15, 0.2) is 77.7 Å². The minimum Gasteiger partial charge on any atom is -0.495 e. The molecule has 2 N–H and O–H groups in total. The lowest BCUT2D eigenvalue weighted by molar-refractivity contribution is -0.116. The first-order valence-electron chi connectivity index (χ1n) is 9.82. The molecule has 154 valence electrons. The molecule has 0 aliphatic carbocycles. The molecule has 0 aromatic heterocycles. The molecule has 1 aliphatic rings. The van der Waals surface area contributed by atoms with Gasteiger partial charge in [-0.05, 0) is 57.4 Å². The topological polar surface area (TPSA) is 50.4 Å². The highest BCUT2D eigenvalue weighted by Gasteiger charge is 2.28. The minimum atomic E-state index is -0.327. The van der Waals surface area contributed by atoms with Gasteiger partial charge in [-0.25, -0.2) is 0 Å². The number of thioether (sulfide) groups is 1. The number of rotatable bonds is 4. The van der Waals surface area contributed by atoms with Gasteiger partial charge in [-0.15, -0.1) is 0 Å². The van der Waals surface area contributed by atoms with E-state index in [4.69, 9.17) is 16.3 Å². The molecule has 1 heterocycles. The predicted octanol–water partition coefficient (Wildman–Crippen LogP) is 6.25. The Morgan fingerprint density at radius 1 is 1.00 bits per heavy atom. The van der Waals surface area contributed by atoms with Crippen molar-refractivity contribution in [3.05, 3.63) is 88.3 Å². The van der Waals surface area contributed by atoms with Crippen molar-refractivity contribution in [2.24, 2.45) is 0 Å². The Balaban J connectivity index is 1.53. The first-order chi connectivity index (χ1) is 15.1. The van der Waals surface area contributed by atoms with Gasteiger partial charge in [0.1, 0.15) is 5.75 Å². The van der Waals surface area contributed by atoms with Crippen LogP contribution in [0.3, 0.4) is 0 Å². The molecule has 1 amide bonds. The van der Waals surface area contributed by atoms with Crippen molar-refractivity contribution in [1.29, 1.82) is 0 Å². The SMILES string of the molecule is COc1ccc(Cl)cc1NC1NC(=O)/C(=C/c2c3ccccc3cc3ccccc23)S1. The number of methoxy groups -OCH3 is 1. The number of nitrogens with one attached hydrogen (secondary N) is 2. The Morgan fingerprint density at radius 2 is 1.68 bits per heavy atom. The van der Waals surface area contributed by atoms with E-state index in [1.54, 1.807) is 25.3 Å². The summed E-state index contributed by atoms with van der Waals surface area (Å²) in [5.74, 6) is 0.553. The summed E-state index contributed by atoms with van der Waals surface area (Å²) in [7, 11) is 1.60. The number of carbonyl (C=O) groups excluding carboxylic acids is 1. The zero-order valence-electron chi connectivity index (χ0n) is 16.7. The van der Waals surface area contributed by atoms with Crippen LogP contribution >= 0.6 is 23.4 Å². The average Bonchev–Trinajstić information content (AvgIpc) is 3.12. The molecule has 6 heteroatoms. The van der Waals surface area contributed by atoms with Crippen LogP contribution in [0.4, 0.5) is 5.69 Å². The van der Waals surface area contributed by atoms with Gasteiger partial charge in [-0.3, -0.25) is 4.79 Å². The van der Waals surface area contributed by atoms with Crippen molar-refractivity contribution in [2.75, 3.05) is 12.4 Å². The number of amides is 1. The molecule has 4 aromatic carbocycles. The second kappa shape index (κ2) is 8.17. The van der Waals surface area contributed by atoms with Gasteiger partial charge < -0.3 is 15.4 Å². The summed E-state index contributed by atoms with van der Waals surface area (Å²) in [5.41, 5.74) is 1.45. The zero-order valence-corrected chi connectivity index (χ0v) is 18.3. The number of hydrogen-bond acceptors (Lipinski definition) is 4. The smallest absolute Gasteiger partial charge is 0.260 e. The van der Waals surface area contributed by atoms with Crippen LogP contribution in [0.2, 0.25) is 5.02 Å². The lowest BCUT2D eigenvalue weighted by Crippen LogP contribution is -2.31. The Kier molecular flexibility index (Phi) is 5.22. The van der Waals surface area contributed by atoms with Crippen molar-refractivity contribution in [3.63, 3.8) is 0 Å². The maximum absolute atomic E-state index is 12.8. The molecule has 4 nitrogen and oxygen atoms in total. The number of benzene rings is 4. The molecular weight excluding hydrogens is 428 g/mol. The fourth-order valence-electron chi connectivity index (χ4n) is 3.84. The summed E-state index contributed by atoms with van der Waals surface area (Å²) in [6.45, 7) is 0. The van der Waals surface area contributed by atoms with Crippen LogP contribution in [0.25, 0.3) is 27.6 Å². The van der Waals surface area contributed by atoms with Crippen molar-refractivity contribution in [1.82, 2.24) is 5.32 Å². The molecule has 1 fully saturated rings. The molecule has 0 saturated carbocycles. The Hall–Kier alpha value is -3.15. The van der Waals surface area contributed by atoms with Crippen molar-refractivity contribution in [3.8, 4) is 5.75 Å². The first-order valence-corrected chi connectivity index (χ1v) is 11.1. The number of anilines is 1. The van der Waals surface area contributed by atoms with Gasteiger partial charge in [-0.1, -0.05) is 71.9 Å². The summed E-state index contributed by atoms with van der Waals surface area (Å²) >= 11 is 7.58. The average molecular weight is 447 g/mol. The van der Waals surface area contributed by atoms with Gasteiger partial charge in [0.2, 0.25) is 0 Å². The van der Waals surface area contributed by atoms with E-state index in [-0.39, 0.29) is 11.4 Å². The molecule has 0 radical (unpaired) electrons. The third kappa shape index (κ3) is 3.82. The van der Waals surface area contributed by atoms with E-state index < -0.39 is 0 Å². The molecule has 31 heavy (non-hydrogen) atoms. The molecular formula is C25H19ClN2O2S. The van der Waals surface area contributed by atoms with Crippen LogP contribution in [-0.2, 0) is 4.79 Å². The van der Waals surface area contributed by atoms with Crippen LogP contribution < -0.4 is 15.4 Å². The Bertz CT molecular complexity index is 1300. The van der Waals surface area contributed by atoms with Crippen molar-refractivity contribution >= 4 is 62.6 Å². The summed E-state index contributed by atoms with van der Waals surface area (Å²) in [4.78, 5) is 13.4. The maximum Gasteiger partial charge on any atom is 0.260 e. The van der Waals surface area contributed by atoms with Crippen LogP contribution in [0, 0.1) is 0 Å². The van der Waals surface area contributed by atoms with E-state index >= 15 is 0 Å². The van der Waals surface area contributed by atoms with E-state index in [2.05, 4.69) is 41.0 Å². The summed E-state index contributed by atoms with van der Waals surface area (Å²) in [6, 6.07) is 24.0. The highest BCUT2D eigenvalue weighted by molar-refractivity contribution is 8.05. The molecule has 1 aliphatic heterocycles. The van der Waals surface area contributed by atoms with Crippen molar-refractivity contribution < 1.29 is 9.53 Å². The fourth-order valence-corrected chi connectivity index (χ4v) is 4.96. The van der Waals surface area contributed by atoms with Gasteiger partial charge in [-0.2, -0.15) is 0 Å². The lowest BCUT2D eigenvalue weighted by Gasteiger charge is -2.15. The molecule has 5 rings (SSSR count). The summed E-state index contributed by atoms with van der Waals surface area (Å²) < 4.78 is 5.40. The highest BCUT2D eigenvalue weighted by atomic mass is 35.5. The molecule has 0 spiro atoms. The normalized spacial score (nSPS) is 17.3. The minimum absolute atomic E-state index is 0.111.